The van der Waals surface area contributed by atoms with Gasteiger partial charge in [0.1, 0.15) is 0 Å². The highest BCUT2D eigenvalue weighted by atomic mass is 35.5. The van der Waals surface area contributed by atoms with Gasteiger partial charge in [0.15, 0.2) is 11.5 Å². The van der Waals surface area contributed by atoms with Crippen LogP contribution in [-0.4, -0.2) is 19.8 Å². The second kappa shape index (κ2) is 8.23. The zero-order valence-corrected chi connectivity index (χ0v) is 14.6. The number of halogens is 1. The van der Waals surface area contributed by atoms with Crippen LogP contribution in [0.1, 0.15) is 30.9 Å². The normalized spacial score (nSPS) is 12.3. The van der Waals surface area contributed by atoms with Crippen molar-refractivity contribution in [3.05, 3.63) is 58.6 Å². The number of nitrogens with two attached hydrogens (primary N) is 1. The van der Waals surface area contributed by atoms with Gasteiger partial charge in [-0.3, -0.25) is 0 Å². The average Bonchev–Trinajstić information content (AvgIpc) is 2.53. The van der Waals surface area contributed by atoms with Crippen molar-refractivity contribution in [2.24, 2.45) is 5.73 Å². The summed E-state index contributed by atoms with van der Waals surface area (Å²) >= 11 is 5.96. The van der Waals surface area contributed by atoms with Gasteiger partial charge in [-0.25, -0.2) is 0 Å². The highest BCUT2D eigenvalue weighted by molar-refractivity contribution is 6.30. The van der Waals surface area contributed by atoms with Gasteiger partial charge in [0, 0.05) is 10.9 Å². The Morgan fingerprint density at radius 3 is 2.30 bits per heavy atom. The van der Waals surface area contributed by atoms with E-state index in [1.54, 1.807) is 7.11 Å². The maximum Gasteiger partial charge on any atom is 0.161 e. The predicted molar refractivity (Wildman–Crippen MR) is 95.7 cm³/mol. The lowest BCUT2D eigenvalue weighted by atomic mass is 9.92. The van der Waals surface area contributed by atoms with Crippen molar-refractivity contribution in [3.63, 3.8) is 0 Å². The third-order valence-electron chi connectivity index (χ3n) is 3.70. The summed E-state index contributed by atoms with van der Waals surface area (Å²) in [5, 5.41) is 0.738. The molecule has 0 fully saturated rings. The van der Waals surface area contributed by atoms with Crippen molar-refractivity contribution < 1.29 is 9.47 Å². The van der Waals surface area contributed by atoms with Crippen molar-refractivity contribution in [2.45, 2.75) is 32.3 Å². The highest BCUT2D eigenvalue weighted by Gasteiger charge is 2.13. The molecule has 4 heteroatoms. The van der Waals surface area contributed by atoms with E-state index in [9.17, 15) is 0 Å². The van der Waals surface area contributed by atoms with Gasteiger partial charge in [0.2, 0.25) is 0 Å². The molecular weight excluding hydrogens is 310 g/mol. The van der Waals surface area contributed by atoms with E-state index in [4.69, 9.17) is 26.8 Å². The van der Waals surface area contributed by atoms with Crippen LogP contribution in [0.15, 0.2) is 42.5 Å². The fourth-order valence-corrected chi connectivity index (χ4v) is 2.68. The van der Waals surface area contributed by atoms with Crippen LogP contribution in [0, 0.1) is 0 Å². The molecule has 0 aromatic heterocycles. The lowest BCUT2D eigenvalue weighted by molar-refractivity contribution is 0.230. The van der Waals surface area contributed by atoms with Gasteiger partial charge in [-0.1, -0.05) is 29.8 Å². The molecule has 2 aromatic carbocycles. The maximum absolute atomic E-state index is 5.98. The molecule has 0 bridgehead atoms. The van der Waals surface area contributed by atoms with Crippen molar-refractivity contribution in [3.8, 4) is 11.5 Å². The first-order chi connectivity index (χ1) is 11.0. The highest BCUT2D eigenvalue weighted by Crippen LogP contribution is 2.31. The zero-order valence-electron chi connectivity index (χ0n) is 13.9. The van der Waals surface area contributed by atoms with Gasteiger partial charge >= 0.3 is 0 Å². The van der Waals surface area contributed by atoms with E-state index in [2.05, 4.69) is 6.07 Å². The van der Waals surface area contributed by atoms with Crippen molar-refractivity contribution in [1.82, 2.24) is 0 Å². The Bertz CT molecular complexity index is 626. The summed E-state index contributed by atoms with van der Waals surface area (Å²) in [6.45, 7) is 4.58. The number of methoxy groups -OCH3 is 1. The van der Waals surface area contributed by atoms with Crippen LogP contribution < -0.4 is 15.2 Å². The van der Waals surface area contributed by atoms with E-state index >= 15 is 0 Å². The second-order valence-electron chi connectivity index (χ2n) is 5.84. The van der Waals surface area contributed by atoms with Crippen molar-refractivity contribution in [1.29, 1.82) is 0 Å². The molecule has 2 aromatic rings. The molecule has 0 heterocycles. The topological polar surface area (TPSA) is 44.5 Å². The quantitative estimate of drug-likeness (QED) is 0.815. The Kier molecular flexibility index (Phi) is 6.31. The van der Waals surface area contributed by atoms with Crippen molar-refractivity contribution in [2.75, 3.05) is 13.7 Å². The first-order valence-electron chi connectivity index (χ1n) is 7.82. The fourth-order valence-electron chi connectivity index (χ4n) is 2.55. The molecule has 0 saturated heterocycles. The smallest absolute Gasteiger partial charge is 0.161 e. The minimum absolute atomic E-state index is 0.0979. The minimum atomic E-state index is 0.0979. The number of rotatable bonds is 7. The molecule has 2 rings (SSSR count). The van der Waals surface area contributed by atoms with E-state index in [-0.39, 0.29) is 12.0 Å². The molecule has 0 amide bonds. The van der Waals surface area contributed by atoms with Gasteiger partial charge in [0.05, 0.1) is 13.2 Å². The van der Waals surface area contributed by atoms with Gasteiger partial charge in [-0.05, 0) is 62.2 Å². The number of hydrogen-bond donors (Lipinski definition) is 1. The Balaban J connectivity index is 2.21. The molecule has 0 aliphatic rings. The molecule has 1 unspecified atom stereocenters. The Labute approximate surface area is 143 Å². The minimum Gasteiger partial charge on any atom is -0.493 e. The molecule has 124 valence electrons. The van der Waals surface area contributed by atoms with Crippen LogP contribution in [0.5, 0.6) is 11.5 Å². The molecule has 0 saturated carbocycles. The summed E-state index contributed by atoms with van der Waals surface area (Å²) in [6.07, 6.45) is 0.942. The third-order valence-corrected chi connectivity index (χ3v) is 3.95. The van der Waals surface area contributed by atoms with Crippen LogP contribution in [-0.2, 0) is 6.42 Å². The Morgan fingerprint density at radius 1 is 1.04 bits per heavy atom. The fraction of sp³-hybridized carbons (Fsp3) is 0.368. The molecule has 23 heavy (non-hydrogen) atoms. The van der Waals surface area contributed by atoms with Gasteiger partial charge in [0.25, 0.3) is 0 Å². The predicted octanol–water partition coefficient (Wildman–Crippen LogP) is 4.42. The van der Waals surface area contributed by atoms with Crippen LogP contribution in [0.4, 0.5) is 0 Å². The van der Waals surface area contributed by atoms with Crippen LogP contribution >= 0.6 is 11.6 Å². The van der Waals surface area contributed by atoms with Gasteiger partial charge in [-0.2, -0.15) is 0 Å². The van der Waals surface area contributed by atoms with Crippen LogP contribution in [0.3, 0.4) is 0 Å². The summed E-state index contributed by atoms with van der Waals surface area (Å²) in [5.74, 6) is 1.76. The Hall–Kier alpha value is -1.71. The van der Waals surface area contributed by atoms with E-state index in [0.29, 0.717) is 6.54 Å². The molecule has 1 atom stereocenters. The monoisotopic (exact) mass is 333 g/mol. The molecule has 0 aliphatic carbocycles. The summed E-state index contributed by atoms with van der Waals surface area (Å²) in [5.41, 5.74) is 8.34. The van der Waals surface area contributed by atoms with E-state index in [1.807, 2.05) is 50.2 Å². The average molecular weight is 334 g/mol. The van der Waals surface area contributed by atoms with E-state index in [0.717, 1.165) is 22.9 Å². The lowest BCUT2D eigenvalue weighted by Crippen LogP contribution is -2.15. The standard InChI is InChI=1S/C19H24ClNO2/c1-13(2)23-19-11-14(4-9-18(19)22-3)10-16(12-21)15-5-7-17(20)8-6-15/h4-9,11,13,16H,10,12,21H2,1-3H3. The summed E-state index contributed by atoms with van der Waals surface area (Å²) < 4.78 is 11.2. The molecule has 0 spiro atoms. The SMILES string of the molecule is COc1ccc(CC(CN)c2ccc(Cl)cc2)cc1OC(C)C. The summed E-state index contributed by atoms with van der Waals surface area (Å²) in [4.78, 5) is 0. The molecular formula is C19H24ClNO2. The third kappa shape index (κ3) is 4.88. The first kappa shape index (κ1) is 17.6. The zero-order chi connectivity index (χ0) is 16.8. The molecule has 0 radical (unpaired) electrons. The maximum atomic E-state index is 5.98. The largest absolute Gasteiger partial charge is 0.493 e. The van der Waals surface area contributed by atoms with Gasteiger partial charge < -0.3 is 15.2 Å². The van der Waals surface area contributed by atoms with Gasteiger partial charge in [-0.15, -0.1) is 0 Å². The van der Waals surface area contributed by atoms with Crippen molar-refractivity contribution >= 4 is 11.6 Å². The Morgan fingerprint density at radius 2 is 1.74 bits per heavy atom. The first-order valence-corrected chi connectivity index (χ1v) is 8.20. The number of benzene rings is 2. The molecule has 2 N–H and O–H groups in total. The van der Waals surface area contributed by atoms with Crippen LogP contribution in [0.25, 0.3) is 0 Å². The van der Waals surface area contributed by atoms with E-state index in [1.165, 1.54) is 11.1 Å². The lowest BCUT2D eigenvalue weighted by Gasteiger charge is -2.18. The second-order valence-corrected chi connectivity index (χ2v) is 6.28. The molecule has 0 aliphatic heterocycles. The van der Waals surface area contributed by atoms with E-state index < -0.39 is 0 Å². The number of hydrogen-bond acceptors (Lipinski definition) is 3. The molecule has 3 nitrogen and oxygen atoms in total. The summed E-state index contributed by atoms with van der Waals surface area (Å²) in [7, 11) is 1.65. The summed E-state index contributed by atoms with van der Waals surface area (Å²) in [6, 6.07) is 13.9. The van der Waals surface area contributed by atoms with Crippen LogP contribution in [0.2, 0.25) is 5.02 Å². The number of ether oxygens (including phenoxy) is 2.